The number of fused-ring (bicyclic) bond motifs is 3. The topological polar surface area (TPSA) is 102 Å². The van der Waals surface area contributed by atoms with Crippen molar-refractivity contribution in [3.8, 4) is 17.3 Å². The van der Waals surface area contributed by atoms with Gasteiger partial charge in [-0.05, 0) is 75.8 Å². The molecule has 1 atom stereocenters. The van der Waals surface area contributed by atoms with Crippen LogP contribution in [0.15, 0.2) is 36.4 Å². The Morgan fingerprint density at radius 2 is 2.02 bits per heavy atom. The highest BCUT2D eigenvalue weighted by molar-refractivity contribution is 6.01. The fourth-order valence-corrected chi connectivity index (χ4v) is 5.73. The summed E-state index contributed by atoms with van der Waals surface area (Å²) in [6.07, 6.45) is 2.26. The van der Waals surface area contributed by atoms with E-state index < -0.39 is 24.4 Å². The Hall–Kier alpha value is -4.08. The Bertz CT molecular complexity index is 1660. The molecule has 2 aliphatic rings. The normalized spacial score (nSPS) is 16.3. The number of amides is 2. The number of aromatic nitrogens is 3. The summed E-state index contributed by atoms with van der Waals surface area (Å²) in [5.41, 5.74) is 4.11. The zero-order valence-corrected chi connectivity index (χ0v) is 23.9. The fourth-order valence-electron chi connectivity index (χ4n) is 5.73. The fraction of sp³-hybridized carbons (Fsp3) is 0.452. The van der Waals surface area contributed by atoms with E-state index in [1.54, 1.807) is 31.7 Å². The van der Waals surface area contributed by atoms with E-state index in [4.69, 9.17) is 9.72 Å². The molecule has 1 fully saturated rings. The van der Waals surface area contributed by atoms with Gasteiger partial charge < -0.3 is 29.2 Å². The molecule has 10 heteroatoms. The molecule has 0 unspecified atom stereocenters. The number of alkyl carbamates (subject to hydrolysis) is 1. The van der Waals surface area contributed by atoms with Crippen molar-refractivity contribution in [3.63, 3.8) is 0 Å². The monoisotopic (exact) mass is 561 g/mol. The van der Waals surface area contributed by atoms with Gasteiger partial charge in [-0.25, -0.2) is 14.2 Å². The van der Waals surface area contributed by atoms with E-state index >= 15 is 0 Å². The number of benzene rings is 2. The average molecular weight is 562 g/mol. The minimum absolute atomic E-state index is 0.0459. The highest BCUT2D eigenvalue weighted by atomic mass is 19.1. The Morgan fingerprint density at radius 3 is 2.73 bits per heavy atom. The quantitative estimate of drug-likeness (QED) is 0.324. The van der Waals surface area contributed by atoms with Gasteiger partial charge in [-0.1, -0.05) is 12.1 Å². The number of halogens is 1. The third-order valence-electron chi connectivity index (χ3n) is 7.89. The number of para-hydroxylation sites is 1. The molecule has 0 radical (unpaired) electrons. The van der Waals surface area contributed by atoms with Gasteiger partial charge in [0.25, 0.3) is 5.91 Å². The summed E-state index contributed by atoms with van der Waals surface area (Å²) in [6.45, 7) is 5.68. The van der Waals surface area contributed by atoms with E-state index in [1.165, 1.54) is 12.8 Å². The number of imidazole rings is 1. The first kappa shape index (κ1) is 27.1. The van der Waals surface area contributed by atoms with Gasteiger partial charge in [-0.3, -0.25) is 4.79 Å². The lowest BCUT2D eigenvalue weighted by molar-refractivity contribution is 0.0466. The van der Waals surface area contributed by atoms with Crippen LogP contribution in [0.25, 0.3) is 33.5 Å². The number of phenols is 1. The van der Waals surface area contributed by atoms with Gasteiger partial charge in [0.2, 0.25) is 0 Å². The summed E-state index contributed by atoms with van der Waals surface area (Å²) < 4.78 is 23.3. The number of nitrogens with zero attached hydrogens (tertiary/aromatic N) is 4. The number of phenolic OH excluding ortho intramolecular Hbond substituents is 1. The number of carbonyl (C=O) groups is 2. The highest BCUT2D eigenvalue weighted by Crippen LogP contribution is 2.39. The summed E-state index contributed by atoms with van der Waals surface area (Å²) in [6, 6.07) is 10.6. The molecule has 0 spiro atoms. The molecule has 216 valence electrons. The molecule has 6 rings (SSSR count). The number of alkyl halides is 1. The molecule has 3 heterocycles. The number of ether oxygens (including phenoxy) is 1. The maximum Gasteiger partial charge on any atom is 0.408 e. The standard InChI is InChI=1S/C31H36FN5O4/c1-31(2,3)41-30(40)33-21(15-32)17-36-11-10-19-12-24-23(14-22(19)29(36)39)34-28(35(24)4)25-13-20-6-5-7-26(38)27(20)37(25)16-18-8-9-18/h5-7,12-14,18,21,38H,8-11,15-17H2,1-4H3,(H,33,40)/t21-/m1/s1. The lowest BCUT2D eigenvalue weighted by atomic mass is 9.97. The molecule has 2 amide bonds. The molecular weight excluding hydrogens is 525 g/mol. The molecule has 0 saturated heterocycles. The molecule has 1 aliphatic carbocycles. The Balaban J connectivity index is 1.31. The van der Waals surface area contributed by atoms with E-state index in [1.807, 2.05) is 35.9 Å². The van der Waals surface area contributed by atoms with Gasteiger partial charge in [-0.15, -0.1) is 0 Å². The second kappa shape index (κ2) is 10.1. The van der Waals surface area contributed by atoms with E-state index in [-0.39, 0.29) is 18.2 Å². The maximum absolute atomic E-state index is 13.8. The van der Waals surface area contributed by atoms with Crippen LogP contribution in [0, 0.1) is 5.92 Å². The van der Waals surface area contributed by atoms with Gasteiger partial charge in [0.05, 0.1) is 28.3 Å². The van der Waals surface area contributed by atoms with Crippen LogP contribution in [-0.4, -0.2) is 67.5 Å². The van der Waals surface area contributed by atoms with E-state index in [2.05, 4.69) is 16.0 Å². The first-order chi connectivity index (χ1) is 19.5. The van der Waals surface area contributed by atoms with Crippen molar-refractivity contribution in [2.75, 3.05) is 19.8 Å². The highest BCUT2D eigenvalue weighted by Gasteiger charge is 2.30. The summed E-state index contributed by atoms with van der Waals surface area (Å²) >= 11 is 0. The van der Waals surface area contributed by atoms with Crippen molar-refractivity contribution in [3.05, 3.63) is 47.5 Å². The molecule has 2 N–H and O–H groups in total. The lowest BCUT2D eigenvalue weighted by Gasteiger charge is -2.31. The molecule has 2 aromatic heterocycles. The molecule has 0 bridgehead atoms. The summed E-state index contributed by atoms with van der Waals surface area (Å²) in [7, 11) is 1.97. The van der Waals surface area contributed by atoms with Gasteiger partial charge in [-0.2, -0.15) is 0 Å². The van der Waals surface area contributed by atoms with E-state index in [0.717, 1.165) is 40.0 Å². The zero-order valence-electron chi connectivity index (χ0n) is 23.9. The number of rotatable bonds is 7. The summed E-state index contributed by atoms with van der Waals surface area (Å²) in [5, 5.41) is 14.2. The van der Waals surface area contributed by atoms with Crippen molar-refractivity contribution in [2.45, 2.75) is 58.2 Å². The Kier molecular flexibility index (Phi) is 6.66. The molecular formula is C31H36FN5O4. The Labute approximate surface area is 237 Å². The van der Waals surface area contributed by atoms with E-state index in [9.17, 15) is 19.1 Å². The van der Waals surface area contributed by atoms with Gasteiger partial charge in [0, 0.05) is 37.6 Å². The van der Waals surface area contributed by atoms with Crippen LogP contribution in [-0.2, 0) is 24.8 Å². The third-order valence-corrected chi connectivity index (χ3v) is 7.89. The number of aryl methyl sites for hydroxylation is 1. The van der Waals surface area contributed by atoms with Crippen molar-refractivity contribution in [1.82, 2.24) is 24.3 Å². The number of nitrogens with one attached hydrogen (secondary N) is 1. The van der Waals surface area contributed by atoms with Crippen molar-refractivity contribution >= 4 is 33.9 Å². The second-order valence-corrected chi connectivity index (χ2v) is 12.3. The molecule has 1 saturated carbocycles. The smallest absolute Gasteiger partial charge is 0.408 e. The first-order valence-corrected chi connectivity index (χ1v) is 14.2. The average Bonchev–Trinajstić information content (AvgIpc) is 3.57. The minimum Gasteiger partial charge on any atom is -0.506 e. The van der Waals surface area contributed by atoms with E-state index in [0.29, 0.717) is 30.0 Å². The molecule has 41 heavy (non-hydrogen) atoms. The van der Waals surface area contributed by atoms with Crippen molar-refractivity contribution in [2.24, 2.45) is 13.0 Å². The lowest BCUT2D eigenvalue weighted by Crippen LogP contribution is -2.50. The predicted octanol–water partition coefficient (Wildman–Crippen LogP) is 5.17. The van der Waals surface area contributed by atoms with Crippen molar-refractivity contribution in [1.29, 1.82) is 0 Å². The van der Waals surface area contributed by atoms with Gasteiger partial charge >= 0.3 is 6.09 Å². The third kappa shape index (κ3) is 5.23. The molecule has 9 nitrogen and oxygen atoms in total. The van der Waals surface area contributed by atoms with Crippen LogP contribution in [0.1, 0.15) is 49.5 Å². The Morgan fingerprint density at radius 1 is 1.24 bits per heavy atom. The number of aromatic hydroxyl groups is 1. The number of hydrogen-bond donors (Lipinski definition) is 2. The van der Waals surface area contributed by atoms with Crippen LogP contribution >= 0.6 is 0 Å². The van der Waals surface area contributed by atoms with Crippen LogP contribution < -0.4 is 5.32 Å². The maximum atomic E-state index is 13.8. The number of hydrogen-bond acceptors (Lipinski definition) is 5. The first-order valence-electron chi connectivity index (χ1n) is 14.2. The zero-order chi connectivity index (χ0) is 29.1. The predicted molar refractivity (Wildman–Crippen MR) is 155 cm³/mol. The van der Waals surface area contributed by atoms with Crippen LogP contribution in [0.2, 0.25) is 0 Å². The minimum atomic E-state index is -0.870. The summed E-state index contributed by atoms with van der Waals surface area (Å²) in [5.74, 6) is 1.40. The van der Waals surface area contributed by atoms with Crippen LogP contribution in [0.3, 0.4) is 0 Å². The van der Waals surface area contributed by atoms with Crippen LogP contribution in [0.4, 0.5) is 9.18 Å². The van der Waals surface area contributed by atoms with Crippen LogP contribution in [0.5, 0.6) is 5.75 Å². The SMILES string of the molecule is Cn1c(-c2cc3cccc(O)c3n2CC2CC2)nc2cc3c(cc21)CCN(C[C@@H](CF)NC(=O)OC(C)(C)C)C3=O. The molecule has 2 aromatic carbocycles. The number of carbonyl (C=O) groups excluding carboxylic acids is 2. The molecule has 1 aliphatic heterocycles. The van der Waals surface area contributed by atoms with Crippen molar-refractivity contribution < 1.29 is 23.8 Å². The summed E-state index contributed by atoms with van der Waals surface area (Å²) in [4.78, 5) is 32.2. The molecule has 4 aromatic rings. The van der Waals surface area contributed by atoms with Gasteiger partial charge in [0.15, 0.2) is 5.82 Å². The largest absolute Gasteiger partial charge is 0.506 e. The second-order valence-electron chi connectivity index (χ2n) is 12.3. The van der Waals surface area contributed by atoms with Gasteiger partial charge in [0.1, 0.15) is 18.0 Å².